The van der Waals surface area contributed by atoms with E-state index in [1.807, 2.05) is 0 Å². The zero-order valence-electron chi connectivity index (χ0n) is 49.3. The van der Waals surface area contributed by atoms with Crippen LogP contribution >= 0.6 is 0 Å². The summed E-state index contributed by atoms with van der Waals surface area (Å²) in [7, 11) is 0. The molecule has 22 heteroatoms. The van der Waals surface area contributed by atoms with Gasteiger partial charge in [0.15, 0.2) is 12.2 Å². The van der Waals surface area contributed by atoms with Gasteiger partial charge in [-0.15, -0.1) is 0 Å². The maximum atomic E-state index is 12.6. The first-order valence-electron chi connectivity index (χ1n) is 29.0. The molecule has 0 bridgehead atoms. The molecule has 2 aliphatic heterocycles. The quantitative estimate of drug-likeness (QED) is 0.00883. The highest BCUT2D eigenvalue weighted by atomic mass is 16.6. The summed E-state index contributed by atoms with van der Waals surface area (Å²) in [5, 5.41) is 0. The molecule has 472 valence electrons. The molecule has 0 aliphatic carbocycles. The summed E-state index contributed by atoms with van der Waals surface area (Å²) >= 11 is 0. The van der Waals surface area contributed by atoms with Crippen molar-refractivity contribution < 1.29 is 105 Å². The number of carbonyl (C=O) groups excluding carboxylic acids is 8. The molecule has 0 spiro atoms. The Morgan fingerprint density at radius 3 is 0.722 bits per heavy atom. The third kappa shape index (κ3) is 24.8. The molecule has 0 amide bonds. The molecule has 22 nitrogen and oxygen atoms in total. The van der Waals surface area contributed by atoms with Crippen LogP contribution in [0.3, 0.4) is 0 Å². The molecule has 2 heterocycles. The van der Waals surface area contributed by atoms with Crippen LogP contribution in [0.2, 0.25) is 0 Å². The summed E-state index contributed by atoms with van der Waals surface area (Å²) < 4.78 is 74.0. The molecule has 2 aliphatic rings. The van der Waals surface area contributed by atoms with Crippen LogP contribution in [0.25, 0.3) is 0 Å². The van der Waals surface area contributed by atoms with Gasteiger partial charge in [-0.25, -0.2) is 38.4 Å². The minimum atomic E-state index is -0.552. The zero-order valence-corrected chi connectivity index (χ0v) is 49.3. The van der Waals surface area contributed by atoms with E-state index in [0.29, 0.717) is 163 Å². The van der Waals surface area contributed by atoms with Crippen molar-refractivity contribution in [2.75, 3.05) is 66.1 Å². The number of unbranched alkanes of at least 4 members (excludes halogenated alkanes) is 4. The van der Waals surface area contributed by atoms with Crippen LogP contribution in [0.4, 0.5) is 0 Å². The van der Waals surface area contributed by atoms with E-state index in [2.05, 4.69) is 13.2 Å². The molecular formula is C68H68O22. The molecule has 90 heavy (non-hydrogen) atoms. The molecule has 0 N–H and O–H groups in total. The second-order valence-electron chi connectivity index (χ2n) is 19.5. The lowest BCUT2D eigenvalue weighted by Crippen LogP contribution is -2.12. The lowest BCUT2D eigenvalue weighted by atomic mass is 10.2. The van der Waals surface area contributed by atoms with E-state index in [4.69, 9.17) is 66.3 Å². The standard InChI is InChI=1S/C34H34O12.C34H34O10/c35-31(23-5-9-25(10-6-23)39-17-1-3-19-41-33(37)29-21-43-29)45-27-13-15-28(16-14-27)46-32(36)24-7-11-26(12-8-24)40-18-2-4-20-42-34(38)30-22-44-30;1-3-31(35)41-23-7-5-21-39-27-13-9-25(10-14-27)33(37)43-29-17-19-30(20-18-29)44-34(38)26-11-15-28(16-12-26)40-22-6-8-24-42-32(36)4-2/h5-16,29-30H,1-4,17-22H2;3-4,9-20H,1-2,5-8,21-24H2. The highest BCUT2D eigenvalue weighted by molar-refractivity contribution is 5.93. The van der Waals surface area contributed by atoms with Crippen LogP contribution in [-0.2, 0) is 47.6 Å². The van der Waals surface area contributed by atoms with E-state index >= 15 is 0 Å². The molecule has 2 atom stereocenters. The maximum absolute atomic E-state index is 12.6. The van der Waals surface area contributed by atoms with Gasteiger partial charge in [0.25, 0.3) is 0 Å². The van der Waals surface area contributed by atoms with Crippen LogP contribution in [0.5, 0.6) is 46.0 Å². The lowest BCUT2D eigenvalue weighted by molar-refractivity contribution is -0.146. The van der Waals surface area contributed by atoms with Crippen molar-refractivity contribution in [3.8, 4) is 46.0 Å². The molecule has 0 aromatic heterocycles. The Hall–Kier alpha value is -10.3. The number of ether oxygens (including phenoxy) is 14. The van der Waals surface area contributed by atoms with E-state index in [9.17, 15) is 38.4 Å². The molecule has 6 aromatic carbocycles. The van der Waals surface area contributed by atoms with Gasteiger partial charge in [0.1, 0.15) is 46.0 Å². The summed E-state index contributed by atoms with van der Waals surface area (Å²) in [6, 6.07) is 38.4. The Morgan fingerprint density at radius 2 is 0.511 bits per heavy atom. The first-order chi connectivity index (χ1) is 43.8. The maximum Gasteiger partial charge on any atom is 0.343 e. The summed E-state index contributed by atoms with van der Waals surface area (Å²) in [5.41, 5.74) is 1.36. The number of hydrogen-bond donors (Lipinski definition) is 0. The van der Waals surface area contributed by atoms with Crippen LogP contribution < -0.4 is 37.9 Å². The molecule has 6 aromatic rings. The SMILES string of the molecule is C=CC(=O)OCCCCOc1ccc(C(=O)Oc2ccc(OC(=O)c3ccc(OCCCCOC(=O)C=C)cc3)cc2)cc1.O=C(Oc1ccc(OC(=O)c2ccc(OCCCCOC(=O)C3CO3)cc2)cc1)c1ccc(OCCCCOC(=O)C2CO2)cc1. The topological polar surface area (TPSA) is 272 Å². The highest BCUT2D eigenvalue weighted by Crippen LogP contribution is 2.25. The molecular weight excluding hydrogens is 1170 g/mol. The number of hydrogen-bond acceptors (Lipinski definition) is 22. The molecule has 2 unspecified atom stereocenters. The predicted molar refractivity (Wildman–Crippen MR) is 321 cm³/mol. The van der Waals surface area contributed by atoms with E-state index in [0.717, 1.165) is 12.2 Å². The summed E-state index contributed by atoms with van der Waals surface area (Å²) in [5.74, 6) is -0.202. The molecule has 0 saturated carbocycles. The van der Waals surface area contributed by atoms with Gasteiger partial charge in [0.2, 0.25) is 0 Å². The summed E-state index contributed by atoms with van der Waals surface area (Å²) in [4.78, 5) is 95.0. The van der Waals surface area contributed by atoms with Gasteiger partial charge in [-0.2, -0.15) is 0 Å². The van der Waals surface area contributed by atoms with Gasteiger partial charge < -0.3 is 66.3 Å². The van der Waals surface area contributed by atoms with Crippen molar-refractivity contribution in [3.05, 3.63) is 193 Å². The van der Waals surface area contributed by atoms with Gasteiger partial charge in [0, 0.05) is 12.2 Å². The largest absolute Gasteiger partial charge is 0.494 e. The second-order valence-corrected chi connectivity index (χ2v) is 19.5. The van der Waals surface area contributed by atoms with Gasteiger partial charge in [-0.3, -0.25) is 0 Å². The van der Waals surface area contributed by atoms with Gasteiger partial charge in [0.05, 0.1) is 88.3 Å². The zero-order chi connectivity index (χ0) is 63.7. The van der Waals surface area contributed by atoms with Crippen molar-refractivity contribution in [2.45, 2.75) is 63.6 Å². The van der Waals surface area contributed by atoms with Gasteiger partial charge >= 0.3 is 47.8 Å². The van der Waals surface area contributed by atoms with Gasteiger partial charge in [-0.05, 0) is 197 Å². The van der Waals surface area contributed by atoms with Crippen LogP contribution in [0.1, 0.15) is 92.8 Å². The van der Waals surface area contributed by atoms with Crippen molar-refractivity contribution in [1.29, 1.82) is 0 Å². The number of epoxide rings is 2. The van der Waals surface area contributed by atoms with E-state index in [-0.39, 0.29) is 47.1 Å². The number of carbonyl (C=O) groups is 8. The smallest absolute Gasteiger partial charge is 0.343 e. The first kappa shape index (κ1) is 67.2. The fourth-order valence-corrected chi connectivity index (χ4v) is 7.50. The minimum absolute atomic E-state index is 0.285. The Bertz CT molecular complexity index is 3080. The molecule has 0 radical (unpaired) electrons. The monoisotopic (exact) mass is 1240 g/mol. The normalized spacial score (nSPS) is 13.2. The van der Waals surface area contributed by atoms with Crippen molar-refractivity contribution >= 4 is 47.8 Å². The van der Waals surface area contributed by atoms with Crippen LogP contribution in [0.15, 0.2) is 171 Å². The third-order valence-corrected chi connectivity index (χ3v) is 12.6. The van der Waals surface area contributed by atoms with Crippen molar-refractivity contribution in [3.63, 3.8) is 0 Å². The fraction of sp³-hybridized carbons (Fsp3) is 0.294. The molecule has 2 fully saturated rings. The third-order valence-electron chi connectivity index (χ3n) is 12.6. The van der Waals surface area contributed by atoms with Gasteiger partial charge in [-0.1, -0.05) is 13.2 Å². The van der Waals surface area contributed by atoms with E-state index < -0.39 is 35.8 Å². The number of rotatable bonds is 36. The average molecular weight is 1240 g/mol. The Kier molecular flexibility index (Phi) is 27.4. The minimum Gasteiger partial charge on any atom is -0.494 e. The van der Waals surface area contributed by atoms with Crippen molar-refractivity contribution in [2.24, 2.45) is 0 Å². The van der Waals surface area contributed by atoms with Crippen molar-refractivity contribution in [1.82, 2.24) is 0 Å². The summed E-state index contributed by atoms with van der Waals surface area (Å²) in [6.45, 7) is 10.5. The average Bonchev–Trinajstić information content (AvgIpc) is 4.68. The first-order valence-corrected chi connectivity index (χ1v) is 29.0. The lowest BCUT2D eigenvalue weighted by Gasteiger charge is -2.09. The Labute approximate surface area is 519 Å². The second kappa shape index (κ2) is 36.7. The Balaban J connectivity index is 0.000000256. The number of esters is 8. The van der Waals surface area contributed by atoms with E-state index in [1.165, 1.54) is 48.5 Å². The molecule has 2 saturated heterocycles. The predicted octanol–water partition coefficient (Wildman–Crippen LogP) is 10.2. The van der Waals surface area contributed by atoms with E-state index in [1.54, 1.807) is 97.1 Å². The Morgan fingerprint density at radius 1 is 0.311 bits per heavy atom. The number of benzene rings is 6. The fourth-order valence-electron chi connectivity index (χ4n) is 7.50. The summed E-state index contributed by atoms with van der Waals surface area (Å²) in [6.07, 6.45) is 6.92. The molecule has 8 rings (SSSR count). The highest BCUT2D eigenvalue weighted by Gasteiger charge is 2.33. The van der Waals surface area contributed by atoms with Crippen LogP contribution in [0, 0.1) is 0 Å². The van der Waals surface area contributed by atoms with Crippen LogP contribution in [-0.4, -0.2) is 126 Å².